The summed E-state index contributed by atoms with van der Waals surface area (Å²) >= 11 is 0. The van der Waals surface area contributed by atoms with E-state index in [1.54, 1.807) is 0 Å². The van der Waals surface area contributed by atoms with Crippen LogP contribution >= 0.6 is 0 Å². The molecule has 4 saturated carbocycles. The molecular formula is C22H20. The van der Waals surface area contributed by atoms with Crippen molar-refractivity contribution in [3.63, 3.8) is 0 Å². The molecule has 0 saturated heterocycles. The smallest absolute Gasteiger partial charge is 0.00269 e. The van der Waals surface area contributed by atoms with Crippen LogP contribution in [0.4, 0.5) is 0 Å². The van der Waals surface area contributed by atoms with Gasteiger partial charge in [-0.25, -0.2) is 0 Å². The monoisotopic (exact) mass is 284 g/mol. The normalized spacial score (nSPS) is 39.1. The van der Waals surface area contributed by atoms with Crippen LogP contribution in [0.25, 0.3) is 0 Å². The van der Waals surface area contributed by atoms with E-state index in [0.717, 1.165) is 11.8 Å². The van der Waals surface area contributed by atoms with Gasteiger partial charge in [0.05, 0.1) is 0 Å². The van der Waals surface area contributed by atoms with Crippen LogP contribution in [0.1, 0.15) is 49.7 Å². The summed E-state index contributed by atoms with van der Waals surface area (Å²) in [6.45, 7) is 0. The van der Waals surface area contributed by atoms with Crippen molar-refractivity contribution in [1.82, 2.24) is 0 Å². The van der Waals surface area contributed by atoms with Gasteiger partial charge in [0.1, 0.15) is 0 Å². The summed E-state index contributed by atoms with van der Waals surface area (Å²) in [5.41, 5.74) is 3.50. The van der Waals surface area contributed by atoms with E-state index in [1.807, 2.05) is 24.3 Å². The summed E-state index contributed by atoms with van der Waals surface area (Å²) < 4.78 is 0. The third kappa shape index (κ3) is 1.76. The van der Waals surface area contributed by atoms with Gasteiger partial charge in [-0.2, -0.15) is 0 Å². The Bertz CT molecular complexity index is 598. The van der Waals surface area contributed by atoms with Gasteiger partial charge in [-0.05, 0) is 109 Å². The van der Waals surface area contributed by atoms with Crippen molar-refractivity contribution < 1.29 is 0 Å². The van der Waals surface area contributed by atoms with Crippen molar-refractivity contribution in [1.29, 1.82) is 0 Å². The number of hydrogen-bond donors (Lipinski definition) is 0. The Kier molecular flexibility index (Phi) is 2.63. The van der Waals surface area contributed by atoms with Crippen LogP contribution in [0.5, 0.6) is 0 Å². The van der Waals surface area contributed by atoms with Gasteiger partial charge in [-0.1, -0.05) is 24.3 Å². The topological polar surface area (TPSA) is 0 Å². The maximum Gasteiger partial charge on any atom is -0.00269 e. The Morgan fingerprint density at radius 2 is 1.23 bits per heavy atom. The van der Waals surface area contributed by atoms with E-state index in [0.29, 0.717) is 10.8 Å². The van der Waals surface area contributed by atoms with Crippen molar-refractivity contribution in [2.45, 2.75) is 49.4 Å². The van der Waals surface area contributed by atoms with E-state index in [-0.39, 0.29) is 0 Å². The maximum atomic E-state index is 3.54. The second kappa shape index (κ2) is 4.47. The second-order valence-electron chi connectivity index (χ2n) is 7.93. The third-order valence-electron chi connectivity index (χ3n) is 6.50. The van der Waals surface area contributed by atoms with Gasteiger partial charge in [-0.15, -0.1) is 0 Å². The molecule has 4 aliphatic carbocycles. The van der Waals surface area contributed by atoms with E-state index >= 15 is 0 Å². The Hall–Kier alpha value is -1.56. The van der Waals surface area contributed by atoms with Gasteiger partial charge in [0.25, 0.3) is 0 Å². The van der Waals surface area contributed by atoms with Gasteiger partial charge >= 0.3 is 0 Å². The SMILES string of the molecule is [c]1cc[c]c(C23CC4CC(C2)CC(c2[c]cc[c]c2)(C4)C3)c1. The van der Waals surface area contributed by atoms with E-state index in [2.05, 4.69) is 36.4 Å². The molecule has 2 aromatic carbocycles. The minimum atomic E-state index is 0.339. The lowest BCUT2D eigenvalue weighted by molar-refractivity contribution is -0.0283. The van der Waals surface area contributed by atoms with E-state index < -0.39 is 0 Å². The molecule has 108 valence electrons. The van der Waals surface area contributed by atoms with Crippen molar-refractivity contribution in [2.24, 2.45) is 11.8 Å². The first-order chi connectivity index (χ1) is 10.8. The predicted molar refractivity (Wildman–Crippen MR) is 86.3 cm³/mol. The summed E-state index contributed by atoms with van der Waals surface area (Å²) in [5.74, 6) is 1.76. The molecule has 2 aromatic rings. The molecule has 22 heavy (non-hydrogen) atoms. The molecule has 0 spiro atoms. The Balaban J connectivity index is 1.63. The summed E-state index contributed by atoms with van der Waals surface area (Å²) in [6.07, 6.45) is 8.14. The number of hydrogen-bond acceptors (Lipinski definition) is 0. The molecule has 0 heterocycles. The van der Waals surface area contributed by atoms with Gasteiger partial charge in [0.15, 0.2) is 0 Å². The van der Waals surface area contributed by atoms with Crippen LogP contribution < -0.4 is 0 Å². The van der Waals surface area contributed by atoms with Gasteiger partial charge in [-0.3, -0.25) is 0 Å². The second-order valence-corrected chi connectivity index (χ2v) is 7.93. The molecule has 4 radical (unpaired) electrons. The van der Waals surface area contributed by atoms with Crippen LogP contribution in [-0.4, -0.2) is 0 Å². The molecule has 0 heteroatoms. The predicted octanol–water partition coefficient (Wildman–Crippen LogP) is 4.68. The van der Waals surface area contributed by atoms with Crippen LogP contribution in [0.3, 0.4) is 0 Å². The average molecular weight is 284 g/mol. The Labute approximate surface area is 133 Å². The van der Waals surface area contributed by atoms with E-state index in [9.17, 15) is 0 Å². The molecule has 4 aliphatic rings. The summed E-state index contributed by atoms with van der Waals surface area (Å²) in [4.78, 5) is 0. The largest absolute Gasteiger partial charge is 0.0537 e. The maximum absolute atomic E-state index is 3.54. The van der Waals surface area contributed by atoms with Crippen molar-refractivity contribution >= 4 is 0 Å². The van der Waals surface area contributed by atoms with Gasteiger partial charge in [0, 0.05) is 0 Å². The highest BCUT2D eigenvalue weighted by Gasteiger charge is 2.58. The fourth-order valence-corrected chi connectivity index (χ4v) is 6.21. The van der Waals surface area contributed by atoms with Crippen LogP contribution in [0.15, 0.2) is 36.4 Å². The molecule has 4 fully saturated rings. The molecule has 0 unspecified atom stereocenters. The van der Waals surface area contributed by atoms with Crippen LogP contribution in [0.2, 0.25) is 0 Å². The lowest BCUT2D eigenvalue weighted by Gasteiger charge is -2.62. The summed E-state index contributed by atoms with van der Waals surface area (Å²) in [6, 6.07) is 26.1. The quantitative estimate of drug-likeness (QED) is 0.751. The lowest BCUT2D eigenvalue weighted by atomic mass is 9.42. The molecule has 4 bridgehead atoms. The Morgan fingerprint density at radius 1 is 0.727 bits per heavy atom. The third-order valence-corrected chi connectivity index (χ3v) is 6.50. The van der Waals surface area contributed by atoms with Crippen LogP contribution in [-0.2, 0) is 10.8 Å². The molecular weight excluding hydrogens is 264 g/mol. The minimum Gasteiger partial charge on any atom is -0.0537 e. The molecule has 0 nitrogen and oxygen atoms in total. The first kappa shape index (κ1) is 12.9. The lowest BCUT2D eigenvalue weighted by Crippen LogP contribution is -2.56. The zero-order valence-electron chi connectivity index (χ0n) is 12.9. The van der Waals surface area contributed by atoms with Crippen molar-refractivity contribution in [3.05, 3.63) is 71.8 Å². The Morgan fingerprint density at radius 3 is 1.64 bits per heavy atom. The summed E-state index contributed by atoms with van der Waals surface area (Å²) in [7, 11) is 0. The molecule has 0 amide bonds. The standard InChI is InChI=1S/C22H20/c1-3-7-19(8-4-1)21-12-17-11-18(13-21)15-22(14-17,16-21)20-9-5-2-6-10-20/h1-3,5,8,10,17-18H,11-16H2. The van der Waals surface area contributed by atoms with Crippen molar-refractivity contribution in [2.75, 3.05) is 0 Å². The fraction of sp³-hybridized carbons (Fsp3) is 0.455. The fourth-order valence-electron chi connectivity index (χ4n) is 6.21. The zero-order chi connectivity index (χ0) is 14.6. The van der Waals surface area contributed by atoms with Gasteiger partial charge in [0.2, 0.25) is 0 Å². The first-order valence-electron chi connectivity index (χ1n) is 8.55. The number of rotatable bonds is 2. The zero-order valence-corrected chi connectivity index (χ0v) is 12.9. The summed E-state index contributed by atoms with van der Waals surface area (Å²) in [5, 5.41) is 0. The van der Waals surface area contributed by atoms with Gasteiger partial charge < -0.3 is 0 Å². The highest BCUT2D eigenvalue weighted by Crippen LogP contribution is 2.65. The molecule has 0 aromatic heterocycles. The highest BCUT2D eigenvalue weighted by molar-refractivity contribution is 5.36. The first-order valence-corrected chi connectivity index (χ1v) is 8.55. The van der Waals surface area contributed by atoms with E-state index in [1.165, 1.54) is 49.7 Å². The molecule has 0 atom stereocenters. The molecule has 0 aliphatic heterocycles. The van der Waals surface area contributed by atoms with Crippen LogP contribution in [0, 0.1) is 36.1 Å². The average Bonchev–Trinajstić information content (AvgIpc) is 2.55. The highest BCUT2D eigenvalue weighted by atomic mass is 14.6. The number of benzene rings is 2. The minimum absolute atomic E-state index is 0.339. The van der Waals surface area contributed by atoms with Crippen molar-refractivity contribution in [3.8, 4) is 0 Å². The molecule has 6 rings (SSSR count). The van der Waals surface area contributed by atoms with E-state index in [4.69, 9.17) is 0 Å². The molecule has 0 N–H and O–H groups in total.